The maximum Gasteiger partial charge on any atom is 0.257 e. The van der Waals surface area contributed by atoms with Gasteiger partial charge in [0.05, 0.1) is 5.56 Å². The summed E-state index contributed by atoms with van der Waals surface area (Å²) in [7, 11) is 3.90. The van der Waals surface area contributed by atoms with E-state index in [0.29, 0.717) is 10.9 Å². The molecule has 0 radical (unpaired) electrons. The van der Waals surface area contributed by atoms with E-state index >= 15 is 0 Å². The Bertz CT molecular complexity index is 485. The van der Waals surface area contributed by atoms with Crippen molar-refractivity contribution in [2.24, 2.45) is 5.92 Å². The number of nitrogens with zero attached hydrogens (tertiary/aromatic N) is 2. The largest absolute Gasteiger partial charge is 0.507 e. The number of aromatic hydroxyl groups is 1. The molecule has 1 aliphatic rings. The first kappa shape index (κ1) is 15.1. The van der Waals surface area contributed by atoms with Crippen molar-refractivity contribution in [3.8, 4) is 5.75 Å². The van der Waals surface area contributed by atoms with Crippen LogP contribution in [0, 0.1) is 5.92 Å². The Labute approximate surface area is 124 Å². The van der Waals surface area contributed by atoms with E-state index in [9.17, 15) is 9.90 Å². The quantitative estimate of drug-likeness (QED) is 0.932. The maximum atomic E-state index is 12.4. The van der Waals surface area contributed by atoms with E-state index in [1.807, 2.05) is 0 Å². The van der Waals surface area contributed by atoms with Crippen molar-refractivity contribution >= 4 is 17.5 Å². The van der Waals surface area contributed by atoms with Crippen LogP contribution >= 0.6 is 11.6 Å². The van der Waals surface area contributed by atoms with Crippen molar-refractivity contribution in [1.29, 1.82) is 0 Å². The number of hydrogen-bond donors (Lipinski definition) is 1. The highest BCUT2D eigenvalue weighted by Gasteiger charge is 2.22. The number of amides is 1. The van der Waals surface area contributed by atoms with Gasteiger partial charge in [-0.1, -0.05) is 11.6 Å². The predicted molar refractivity (Wildman–Crippen MR) is 80.3 cm³/mol. The van der Waals surface area contributed by atoms with Crippen LogP contribution in [0.2, 0.25) is 5.02 Å². The van der Waals surface area contributed by atoms with Crippen LogP contribution in [0.25, 0.3) is 0 Å². The molecule has 0 aliphatic carbocycles. The average Bonchev–Trinajstić information content (AvgIpc) is 2.43. The third kappa shape index (κ3) is 3.64. The van der Waals surface area contributed by atoms with E-state index in [0.717, 1.165) is 32.5 Å². The Morgan fingerprint density at radius 1 is 1.45 bits per heavy atom. The smallest absolute Gasteiger partial charge is 0.257 e. The number of phenolic OH excluding ortho intramolecular Hbond substituents is 1. The number of likely N-dealkylation sites (tertiary alicyclic amines) is 1. The minimum atomic E-state index is -0.177. The molecule has 0 saturated carbocycles. The number of carbonyl (C=O) groups excluding carboxylic acids is 1. The lowest BCUT2D eigenvalue weighted by Crippen LogP contribution is -2.38. The Morgan fingerprint density at radius 2 is 2.10 bits per heavy atom. The summed E-state index contributed by atoms with van der Waals surface area (Å²) < 4.78 is 0. The fourth-order valence-corrected chi connectivity index (χ4v) is 2.77. The highest BCUT2D eigenvalue weighted by atomic mass is 35.5. The van der Waals surface area contributed by atoms with E-state index < -0.39 is 0 Å². The van der Waals surface area contributed by atoms with E-state index in [2.05, 4.69) is 11.9 Å². The first-order chi connectivity index (χ1) is 9.47. The van der Waals surface area contributed by atoms with Gasteiger partial charge in [-0.2, -0.15) is 0 Å². The van der Waals surface area contributed by atoms with Gasteiger partial charge in [0.2, 0.25) is 0 Å². The molecule has 0 aromatic heterocycles. The molecule has 0 atom stereocenters. The van der Waals surface area contributed by atoms with E-state index in [4.69, 9.17) is 11.6 Å². The van der Waals surface area contributed by atoms with Crippen LogP contribution in [0.15, 0.2) is 18.2 Å². The Morgan fingerprint density at radius 3 is 2.75 bits per heavy atom. The van der Waals surface area contributed by atoms with Gasteiger partial charge < -0.3 is 14.9 Å². The van der Waals surface area contributed by atoms with Gasteiger partial charge in [-0.3, -0.25) is 4.79 Å². The van der Waals surface area contributed by atoms with Gasteiger partial charge in [0.25, 0.3) is 5.91 Å². The van der Waals surface area contributed by atoms with E-state index in [-0.39, 0.29) is 17.2 Å². The van der Waals surface area contributed by atoms with E-state index in [1.54, 1.807) is 18.0 Å². The monoisotopic (exact) mass is 296 g/mol. The molecule has 1 heterocycles. The lowest BCUT2D eigenvalue weighted by molar-refractivity contribution is 0.0744. The summed E-state index contributed by atoms with van der Waals surface area (Å²) in [5.74, 6) is 0.333. The zero-order valence-electron chi connectivity index (χ0n) is 12.0. The highest BCUT2D eigenvalue weighted by molar-refractivity contribution is 6.31. The van der Waals surface area contributed by atoms with Crippen LogP contribution in [0.1, 0.15) is 23.2 Å². The Kier molecular flexibility index (Phi) is 4.89. The van der Waals surface area contributed by atoms with Gasteiger partial charge in [0.15, 0.2) is 0 Å². The Hall–Kier alpha value is -1.26. The molecular weight excluding hydrogens is 276 g/mol. The fourth-order valence-electron chi connectivity index (χ4n) is 2.60. The van der Waals surface area contributed by atoms with Crippen LogP contribution in [0.3, 0.4) is 0 Å². The van der Waals surface area contributed by atoms with Crippen LogP contribution in [-0.2, 0) is 0 Å². The number of carbonyl (C=O) groups is 1. The molecule has 2 rings (SSSR count). The molecule has 20 heavy (non-hydrogen) atoms. The van der Waals surface area contributed by atoms with Gasteiger partial charge in [0, 0.05) is 18.6 Å². The number of rotatable bonds is 3. The van der Waals surface area contributed by atoms with Gasteiger partial charge in [-0.05, 0) is 57.1 Å². The van der Waals surface area contributed by atoms with Crippen LogP contribution in [0.4, 0.5) is 0 Å². The second-order valence-electron chi connectivity index (χ2n) is 5.59. The first-order valence-electron chi connectivity index (χ1n) is 6.90. The molecule has 1 fully saturated rings. The van der Waals surface area contributed by atoms with Crippen LogP contribution in [0.5, 0.6) is 5.75 Å². The fraction of sp³-hybridized carbons (Fsp3) is 0.533. The van der Waals surface area contributed by atoms with Gasteiger partial charge in [-0.25, -0.2) is 0 Å². The van der Waals surface area contributed by atoms with Crippen molar-refractivity contribution in [3.05, 3.63) is 28.8 Å². The normalized spacial score (nSPS) is 17.1. The number of halogens is 1. The molecule has 0 spiro atoms. The van der Waals surface area contributed by atoms with Crippen LogP contribution < -0.4 is 0 Å². The summed E-state index contributed by atoms with van der Waals surface area (Å²) in [6, 6.07) is 4.55. The molecule has 1 aromatic carbocycles. The molecule has 110 valence electrons. The number of piperidine rings is 1. The van der Waals surface area contributed by atoms with Crippen molar-refractivity contribution < 1.29 is 9.90 Å². The van der Waals surface area contributed by atoms with Crippen molar-refractivity contribution in [1.82, 2.24) is 9.80 Å². The minimum Gasteiger partial charge on any atom is -0.507 e. The minimum absolute atomic E-state index is 0.0189. The summed E-state index contributed by atoms with van der Waals surface area (Å²) in [5, 5.41) is 10.2. The first-order valence-corrected chi connectivity index (χ1v) is 7.27. The third-order valence-corrected chi connectivity index (χ3v) is 4.14. The number of benzene rings is 1. The second-order valence-corrected chi connectivity index (χ2v) is 6.03. The van der Waals surface area contributed by atoms with Crippen molar-refractivity contribution in [2.45, 2.75) is 12.8 Å². The number of hydrogen-bond acceptors (Lipinski definition) is 3. The highest BCUT2D eigenvalue weighted by Crippen LogP contribution is 2.24. The molecule has 1 aromatic rings. The lowest BCUT2D eigenvalue weighted by Gasteiger charge is -2.31. The topological polar surface area (TPSA) is 43.8 Å². The molecule has 0 bridgehead atoms. The lowest BCUT2D eigenvalue weighted by atomic mass is 9.96. The van der Waals surface area contributed by atoms with Crippen molar-refractivity contribution in [3.63, 3.8) is 0 Å². The molecular formula is C15H21ClN2O2. The van der Waals surface area contributed by atoms with Gasteiger partial charge in [-0.15, -0.1) is 0 Å². The summed E-state index contributed by atoms with van der Waals surface area (Å²) >= 11 is 5.89. The van der Waals surface area contributed by atoms with E-state index in [1.165, 1.54) is 12.1 Å². The molecule has 1 aliphatic heterocycles. The third-order valence-electron chi connectivity index (χ3n) is 3.91. The molecule has 1 saturated heterocycles. The molecule has 1 N–H and O–H groups in total. The molecule has 1 amide bonds. The molecule has 0 unspecified atom stereocenters. The second kappa shape index (κ2) is 6.46. The summed E-state index contributed by atoms with van der Waals surface area (Å²) in [4.78, 5) is 16.3. The SMILES string of the molecule is CN1CCC(CN(C)C(=O)c2cc(Cl)ccc2O)CC1. The summed E-state index contributed by atoms with van der Waals surface area (Å²) in [5.41, 5.74) is 0.271. The molecule has 5 heteroatoms. The standard InChI is InChI=1S/C15H21ClN2O2/c1-17-7-5-11(6-8-17)10-18(2)15(20)13-9-12(16)3-4-14(13)19/h3-4,9,11,19H,5-8,10H2,1-2H3. The Balaban J connectivity index is 1.99. The summed E-state index contributed by atoms with van der Waals surface area (Å²) in [6.45, 7) is 2.88. The maximum absolute atomic E-state index is 12.4. The summed E-state index contributed by atoms with van der Waals surface area (Å²) in [6.07, 6.45) is 2.21. The van der Waals surface area contributed by atoms with Gasteiger partial charge >= 0.3 is 0 Å². The number of phenols is 1. The predicted octanol–water partition coefficient (Wildman–Crippen LogP) is 2.46. The van der Waals surface area contributed by atoms with Gasteiger partial charge in [0.1, 0.15) is 5.75 Å². The zero-order chi connectivity index (χ0) is 14.7. The van der Waals surface area contributed by atoms with Crippen molar-refractivity contribution in [2.75, 3.05) is 33.7 Å². The average molecular weight is 297 g/mol. The van der Waals surface area contributed by atoms with Crippen LogP contribution in [-0.4, -0.2) is 54.5 Å². The molecule has 4 nitrogen and oxygen atoms in total. The zero-order valence-corrected chi connectivity index (χ0v) is 12.7.